The van der Waals surface area contributed by atoms with E-state index in [0.717, 1.165) is 32.1 Å². The molecule has 0 heterocycles. The molecule has 0 unspecified atom stereocenters. The molecule has 0 aromatic carbocycles. The van der Waals surface area contributed by atoms with Gasteiger partial charge >= 0.3 is 5.97 Å². The molecular weight excluding hydrogens is 220 g/mol. The van der Waals surface area contributed by atoms with Crippen molar-refractivity contribution in [2.24, 2.45) is 11.1 Å². The Hall–Kier alpha value is -1.10. The van der Waals surface area contributed by atoms with Crippen LogP contribution in [0.5, 0.6) is 0 Å². The van der Waals surface area contributed by atoms with Gasteiger partial charge in [-0.1, -0.05) is 26.2 Å². The molecule has 1 saturated carbocycles. The molecule has 4 N–H and O–H groups in total. The summed E-state index contributed by atoms with van der Waals surface area (Å²) in [7, 11) is 0. The highest BCUT2D eigenvalue weighted by Crippen LogP contribution is 2.37. The number of hydrogen-bond acceptors (Lipinski definition) is 3. The van der Waals surface area contributed by atoms with Gasteiger partial charge in [-0.3, -0.25) is 4.79 Å². The molecule has 0 radical (unpaired) electrons. The second-order valence-electron chi connectivity index (χ2n) is 4.84. The molecule has 0 aromatic heterocycles. The first-order chi connectivity index (χ1) is 8.05. The number of hydrogen-bond donors (Lipinski definition) is 3. The molecule has 1 amide bonds. The van der Waals surface area contributed by atoms with Crippen molar-refractivity contribution in [1.29, 1.82) is 0 Å². The molecule has 1 aliphatic carbocycles. The number of carboxylic acid groups (broad SMARTS) is 1. The third-order valence-electron chi connectivity index (χ3n) is 3.61. The van der Waals surface area contributed by atoms with Gasteiger partial charge in [0.05, 0.1) is 5.41 Å². The number of aliphatic carboxylic acids is 1. The number of carboxylic acids is 1. The molecule has 1 fully saturated rings. The Kier molecular flexibility index (Phi) is 4.93. The van der Waals surface area contributed by atoms with E-state index in [-0.39, 0.29) is 5.91 Å². The molecule has 1 atom stereocenters. The Morgan fingerprint density at radius 2 is 2.00 bits per heavy atom. The molecule has 0 spiro atoms. The predicted octanol–water partition coefficient (Wildman–Crippen LogP) is 0.875. The van der Waals surface area contributed by atoms with Gasteiger partial charge in [-0.05, 0) is 19.3 Å². The molecule has 5 nitrogen and oxygen atoms in total. The Labute approximate surface area is 102 Å². The first-order valence-corrected chi connectivity index (χ1v) is 6.29. The highest BCUT2D eigenvalue weighted by molar-refractivity contribution is 5.87. The van der Waals surface area contributed by atoms with Gasteiger partial charge in [0.15, 0.2) is 0 Å². The Morgan fingerprint density at radius 1 is 1.41 bits per heavy atom. The largest absolute Gasteiger partial charge is 0.480 e. The fourth-order valence-corrected chi connectivity index (χ4v) is 2.43. The van der Waals surface area contributed by atoms with Crippen LogP contribution in [0.25, 0.3) is 0 Å². The molecule has 0 aliphatic heterocycles. The smallest absolute Gasteiger partial charge is 0.326 e. The highest BCUT2D eigenvalue weighted by Gasteiger charge is 2.41. The Balaban J connectivity index is 2.65. The summed E-state index contributed by atoms with van der Waals surface area (Å²) in [5.41, 5.74) is 5.16. The molecule has 17 heavy (non-hydrogen) atoms. The zero-order valence-corrected chi connectivity index (χ0v) is 10.4. The van der Waals surface area contributed by atoms with E-state index in [2.05, 4.69) is 5.32 Å². The highest BCUT2D eigenvalue weighted by atomic mass is 16.4. The number of nitrogens with two attached hydrogens (primary N) is 1. The van der Waals surface area contributed by atoms with Crippen molar-refractivity contribution in [3.8, 4) is 0 Å². The molecule has 0 aromatic rings. The van der Waals surface area contributed by atoms with Crippen LogP contribution in [0, 0.1) is 5.41 Å². The monoisotopic (exact) mass is 242 g/mol. The van der Waals surface area contributed by atoms with E-state index in [1.807, 2.05) is 6.92 Å². The van der Waals surface area contributed by atoms with Gasteiger partial charge in [0.2, 0.25) is 5.91 Å². The fraction of sp³-hybridized carbons (Fsp3) is 0.833. The summed E-state index contributed by atoms with van der Waals surface area (Å²) in [4.78, 5) is 23.1. The van der Waals surface area contributed by atoms with Gasteiger partial charge in [0.1, 0.15) is 6.04 Å². The molecule has 0 bridgehead atoms. The summed E-state index contributed by atoms with van der Waals surface area (Å²) in [5, 5.41) is 11.6. The van der Waals surface area contributed by atoms with Crippen molar-refractivity contribution in [1.82, 2.24) is 5.32 Å². The van der Waals surface area contributed by atoms with Gasteiger partial charge in [-0.25, -0.2) is 4.79 Å². The van der Waals surface area contributed by atoms with Crippen LogP contribution in [-0.2, 0) is 9.59 Å². The number of rotatable bonds is 6. The summed E-state index contributed by atoms with van der Waals surface area (Å²) < 4.78 is 0. The second kappa shape index (κ2) is 6.00. The van der Waals surface area contributed by atoms with Crippen molar-refractivity contribution >= 4 is 11.9 Å². The van der Waals surface area contributed by atoms with Crippen molar-refractivity contribution in [3.63, 3.8) is 0 Å². The molecule has 0 saturated heterocycles. The summed E-state index contributed by atoms with van der Waals surface area (Å²) in [6.45, 7) is 2.20. The topological polar surface area (TPSA) is 92.4 Å². The average molecular weight is 242 g/mol. The minimum Gasteiger partial charge on any atom is -0.480 e. The standard InChI is InChI=1S/C12H22N2O3/c1-2-5-9(10(15)16)14-11(17)12(8-13)6-3-4-7-12/h9H,2-8,13H2,1H3,(H,14,17)(H,15,16)/t9-/m1/s1. The maximum absolute atomic E-state index is 12.1. The number of amides is 1. The lowest BCUT2D eigenvalue weighted by molar-refractivity contribution is -0.144. The average Bonchev–Trinajstić information content (AvgIpc) is 2.78. The second-order valence-corrected chi connectivity index (χ2v) is 4.84. The van der Waals surface area contributed by atoms with Crippen molar-refractivity contribution in [2.75, 3.05) is 6.54 Å². The molecule has 1 rings (SSSR count). The predicted molar refractivity (Wildman–Crippen MR) is 64.4 cm³/mol. The minimum absolute atomic E-state index is 0.182. The molecule has 1 aliphatic rings. The Morgan fingerprint density at radius 3 is 2.41 bits per heavy atom. The summed E-state index contributed by atoms with van der Waals surface area (Å²) in [5.74, 6) is -1.15. The lowest BCUT2D eigenvalue weighted by atomic mass is 9.85. The van der Waals surface area contributed by atoms with E-state index in [1.54, 1.807) is 0 Å². The van der Waals surface area contributed by atoms with Crippen LogP contribution in [0.15, 0.2) is 0 Å². The maximum atomic E-state index is 12.1. The third-order valence-corrected chi connectivity index (χ3v) is 3.61. The van der Waals surface area contributed by atoms with Crippen molar-refractivity contribution in [2.45, 2.75) is 51.5 Å². The van der Waals surface area contributed by atoms with Crippen LogP contribution in [0.4, 0.5) is 0 Å². The van der Waals surface area contributed by atoms with Gasteiger partial charge in [0, 0.05) is 6.54 Å². The number of nitrogens with one attached hydrogen (secondary N) is 1. The summed E-state index contributed by atoms with van der Waals surface area (Å²) in [6.07, 6.45) is 4.72. The van der Waals surface area contributed by atoms with Crippen LogP contribution in [0.2, 0.25) is 0 Å². The summed E-state index contributed by atoms with van der Waals surface area (Å²) in [6, 6.07) is -0.781. The number of carbonyl (C=O) groups is 2. The van der Waals surface area contributed by atoms with E-state index in [4.69, 9.17) is 10.8 Å². The Bertz CT molecular complexity index is 285. The lowest BCUT2D eigenvalue weighted by Crippen LogP contribution is -2.50. The van der Waals surface area contributed by atoms with Crippen LogP contribution in [0.1, 0.15) is 45.4 Å². The van der Waals surface area contributed by atoms with Crippen molar-refractivity contribution < 1.29 is 14.7 Å². The normalized spacial score (nSPS) is 19.9. The van der Waals surface area contributed by atoms with E-state index in [0.29, 0.717) is 13.0 Å². The molecule has 98 valence electrons. The van der Waals surface area contributed by atoms with Crippen LogP contribution >= 0.6 is 0 Å². The van der Waals surface area contributed by atoms with Gasteiger partial charge in [-0.2, -0.15) is 0 Å². The first-order valence-electron chi connectivity index (χ1n) is 6.29. The first kappa shape index (κ1) is 14.0. The van der Waals surface area contributed by atoms with Gasteiger partial charge in [0.25, 0.3) is 0 Å². The number of carbonyl (C=O) groups excluding carboxylic acids is 1. The zero-order valence-electron chi connectivity index (χ0n) is 10.4. The van der Waals surface area contributed by atoms with Crippen molar-refractivity contribution in [3.05, 3.63) is 0 Å². The fourth-order valence-electron chi connectivity index (χ4n) is 2.43. The van der Waals surface area contributed by atoms with Gasteiger partial charge < -0.3 is 16.2 Å². The maximum Gasteiger partial charge on any atom is 0.326 e. The van der Waals surface area contributed by atoms with Crippen LogP contribution in [-0.4, -0.2) is 29.6 Å². The van der Waals surface area contributed by atoms with E-state index in [9.17, 15) is 9.59 Å². The lowest BCUT2D eigenvalue weighted by Gasteiger charge is -2.27. The molecular formula is C12H22N2O3. The molecule has 5 heteroatoms. The zero-order chi connectivity index (χ0) is 12.9. The SMILES string of the molecule is CCC[C@@H](NC(=O)C1(CN)CCCC1)C(=O)O. The van der Waals surface area contributed by atoms with E-state index >= 15 is 0 Å². The van der Waals surface area contributed by atoms with Gasteiger partial charge in [-0.15, -0.1) is 0 Å². The minimum atomic E-state index is -0.967. The van der Waals surface area contributed by atoms with E-state index < -0.39 is 17.4 Å². The summed E-state index contributed by atoms with van der Waals surface area (Å²) >= 11 is 0. The quantitative estimate of drug-likeness (QED) is 0.644. The van der Waals surface area contributed by atoms with Crippen LogP contribution < -0.4 is 11.1 Å². The van der Waals surface area contributed by atoms with Crippen LogP contribution in [0.3, 0.4) is 0 Å². The third kappa shape index (κ3) is 3.19. The van der Waals surface area contributed by atoms with E-state index in [1.165, 1.54) is 0 Å².